The van der Waals surface area contributed by atoms with E-state index in [2.05, 4.69) is 8.92 Å². The molecule has 0 saturated carbocycles. The number of methoxy groups -OCH3 is 1. The van der Waals surface area contributed by atoms with Gasteiger partial charge >= 0.3 is 15.6 Å². The average molecular weight is 288 g/mol. The molecule has 0 atom stereocenters. The van der Waals surface area contributed by atoms with Gasteiger partial charge in [-0.3, -0.25) is 0 Å². The van der Waals surface area contributed by atoms with Gasteiger partial charge in [-0.25, -0.2) is 4.39 Å². The minimum Gasteiger partial charge on any atom is -0.493 e. The highest BCUT2D eigenvalue weighted by Crippen LogP contribution is 2.35. The van der Waals surface area contributed by atoms with Crippen molar-refractivity contribution in [2.24, 2.45) is 0 Å². The van der Waals surface area contributed by atoms with Crippen molar-refractivity contribution in [3.8, 4) is 11.5 Å². The quantitative estimate of drug-likeness (QED) is 0.487. The van der Waals surface area contributed by atoms with Crippen molar-refractivity contribution in [1.29, 1.82) is 0 Å². The lowest BCUT2D eigenvalue weighted by atomic mass is 10.2. The minimum absolute atomic E-state index is 0.334. The standard InChI is InChI=1S/C9H8F4O4S/c1-5-3-6(10)8(7(4-5)16-2)17-18(14,15)9(11,12)13/h3-4H,1-2H3. The van der Waals surface area contributed by atoms with E-state index in [1.807, 2.05) is 0 Å². The number of alkyl halides is 3. The summed E-state index contributed by atoms with van der Waals surface area (Å²) in [7, 11) is -4.90. The summed E-state index contributed by atoms with van der Waals surface area (Å²) in [5.74, 6) is -2.83. The minimum atomic E-state index is -5.94. The normalized spacial score (nSPS) is 12.3. The van der Waals surface area contributed by atoms with Crippen LogP contribution in [-0.2, 0) is 10.1 Å². The van der Waals surface area contributed by atoms with Gasteiger partial charge < -0.3 is 8.92 Å². The summed E-state index contributed by atoms with van der Waals surface area (Å²) >= 11 is 0. The van der Waals surface area contributed by atoms with Gasteiger partial charge in [0.15, 0.2) is 11.6 Å². The molecule has 1 rings (SSSR count). The molecule has 0 N–H and O–H groups in total. The molecular weight excluding hydrogens is 280 g/mol. The highest BCUT2D eigenvalue weighted by molar-refractivity contribution is 7.88. The van der Waals surface area contributed by atoms with Gasteiger partial charge in [-0.05, 0) is 24.6 Å². The van der Waals surface area contributed by atoms with Crippen LogP contribution in [0, 0.1) is 12.7 Å². The zero-order chi connectivity index (χ0) is 14.1. The number of hydrogen-bond acceptors (Lipinski definition) is 4. The van der Waals surface area contributed by atoms with Crippen LogP contribution in [0.1, 0.15) is 5.56 Å². The summed E-state index contributed by atoms with van der Waals surface area (Å²) in [5, 5.41) is 0. The van der Waals surface area contributed by atoms with Crippen molar-refractivity contribution in [1.82, 2.24) is 0 Å². The summed E-state index contributed by atoms with van der Waals surface area (Å²) in [6.07, 6.45) is 0. The van der Waals surface area contributed by atoms with E-state index in [4.69, 9.17) is 0 Å². The van der Waals surface area contributed by atoms with Crippen LogP contribution < -0.4 is 8.92 Å². The molecule has 0 aromatic heterocycles. The maximum absolute atomic E-state index is 13.4. The molecule has 0 bridgehead atoms. The second-order valence-electron chi connectivity index (χ2n) is 3.26. The first-order valence-corrected chi connectivity index (χ1v) is 5.84. The van der Waals surface area contributed by atoms with Crippen molar-refractivity contribution in [3.05, 3.63) is 23.5 Å². The summed E-state index contributed by atoms with van der Waals surface area (Å²) in [4.78, 5) is 0. The Kier molecular flexibility index (Phi) is 3.75. The predicted molar refractivity (Wildman–Crippen MR) is 53.3 cm³/mol. The van der Waals surface area contributed by atoms with Crippen molar-refractivity contribution in [3.63, 3.8) is 0 Å². The maximum Gasteiger partial charge on any atom is 0.534 e. The number of aryl methyl sites for hydroxylation is 1. The summed E-state index contributed by atoms with van der Waals surface area (Å²) in [6, 6.07) is 1.97. The smallest absolute Gasteiger partial charge is 0.493 e. The second kappa shape index (κ2) is 4.63. The topological polar surface area (TPSA) is 52.6 Å². The number of ether oxygens (including phenoxy) is 1. The number of benzene rings is 1. The van der Waals surface area contributed by atoms with Crippen LogP contribution in [0.4, 0.5) is 17.6 Å². The second-order valence-corrected chi connectivity index (χ2v) is 4.80. The van der Waals surface area contributed by atoms with Gasteiger partial charge in [0.25, 0.3) is 0 Å². The third-order valence-corrected chi connectivity index (χ3v) is 2.80. The summed E-state index contributed by atoms with van der Waals surface area (Å²) in [6.45, 7) is 1.45. The third-order valence-electron chi connectivity index (χ3n) is 1.85. The SMILES string of the molecule is COc1cc(C)cc(F)c1OS(=O)(=O)C(F)(F)F. The third kappa shape index (κ3) is 2.84. The first-order valence-electron chi connectivity index (χ1n) is 4.43. The fraction of sp³-hybridized carbons (Fsp3) is 0.333. The fourth-order valence-electron chi connectivity index (χ4n) is 1.09. The van der Waals surface area contributed by atoms with Gasteiger partial charge in [0, 0.05) is 0 Å². The molecule has 0 heterocycles. The number of halogens is 4. The number of hydrogen-bond donors (Lipinski definition) is 0. The zero-order valence-electron chi connectivity index (χ0n) is 9.21. The highest BCUT2D eigenvalue weighted by atomic mass is 32.2. The molecule has 0 aliphatic heterocycles. The van der Waals surface area contributed by atoms with E-state index in [1.54, 1.807) is 0 Å². The van der Waals surface area contributed by atoms with Crippen molar-refractivity contribution in [2.75, 3.05) is 7.11 Å². The van der Waals surface area contributed by atoms with Crippen molar-refractivity contribution >= 4 is 10.1 Å². The molecule has 0 amide bonds. The predicted octanol–water partition coefficient (Wildman–Crippen LogP) is 2.37. The van der Waals surface area contributed by atoms with Crippen molar-refractivity contribution in [2.45, 2.75) is 12.4 Å². The van der Waals surface area contributed by atoms with Crippen LogP contribution in [0.5, 0.6) is 11.5 Å². The van der Waals surface area contributed by atoms with E-state index >= 15 is 0 Å². The first-order chi connectivity index (χ1) is 8.08. The molecule has 0 saturated heterocycles. The van der Waals surface area contributed by atoms with Crippen LogP contribution in [0.2, 0.25) is 0 Å². The summed E-state index contributed by atoms with van der Waals surface area (Å²) in [5.41, 5.74) is -5.31. The zero-order valence-corrected chi connectivity index (χ0v) is 10.0. The fourth-order valence-corrected chi connectivity index (χ4v) is 1.56. The van der Waals surface area contributed by atoms with E-state index < -0.39 is 32.9 Å². The Morgan fingerprint density at radius 2 is 1.78 bits per heavy atom. The van der Waals surface area contributed by atoms with Crippen LogP contribution in [-0.4, -0.2) is 21.0 Å². The highest BCUT2D eigenvalue weighted by Gasteiger charge is 2.49. The largest absolute Gasteiger partial charge is 0.534 e. The van der Waals surface area contributed by atoms with E-state index in [0.29, 0.717) is 5.56 Å². The first kappa shape index (κ1) is 14.6. The summed E-state index contributed by atoms with van der Waals surface area (Å²) < 4.78 is 79.5. The molecular formula is C9H8F4O4S. The Balaban J connectivity index is 3.28. The van der Waals surface area contributed by atoms with Crippen LogP contribution in [0.15, 0.2) is 12.1 Å². The molecule has 0 spiro atoms. The molecule has 18 heavy (non-hydrogen) atoms. The van der Waals surface area contributed by atoms with Crippen LogP contribution in [0.25, 0.3) is 0 Å². The van der Waals surface area contributed by atoms with Crippen molar-refractivity contribution < 1.29 is 34.9 Å². The van der Waals surface area contributed by atoms with Gasteiger partial charge in [0.1, 0.15) is 0 Å². The molecule has 4 nitrogen and oxygen atoms in total. The van der Waals surface area contributed by atoms with Gasteiger partial charge in [0.05, 0.1) is 7.11 Å². The monoisotopic (exact) mass is 288 g/mol. The van der Waals surface area contributed by atoms with E-state index in [-0.39, 0.29) is 0 Å². The Bertz CT molecular complexity index is 550. The molecule has 0 fully saturated rings. The molecule has 0 unspecified atom stereocenters. The molecule has 0 aliphatic rings. The van der Waals surface area contributed by atoms with E-state index in [0.717, 1.165) is 19.2 Å². The lowest BCUT2D eigenvalue weighted by Gasteiger charge is -2.13. The lowest BCUT2D eigenvalue weighted by Crippen LogP contribution is -2.28. The average Bonchev–Trinajstić information content (AvgIpc) is 2.19. The molecule has 0 radical (unpaired) electrons. The molecule has 1 aromatic carbocycles. The van der Waals surface area contributed by atoms with Crippen LogP contribution >= 0.6 is 0 Å². The Hall–Kier alpha value is -1.51. The van der Waals surface area contributed by atoms with Gasteiger partial charge in [-0.1, -0.05) is 0 Å². The Morgan fingerprint density at radius 1 is 1.22 bits per heavy atom. The lowest BCUT2D eigenvalue weighted by molar-refractivity contribution is -0.0501. The molecule has 102 valence electrons. The molecule has 1 aromatic rings. The van der Waals surface area contributed by atoms with E-state index in [1.165, 1.54) is 6.92 Å². The maximum atomic E-state index is 13.4. The van der Waals surface area contributed by atoms with Gasteiger partial charge in [0.2, 0.25) is 5.75 Å². The number of rotatable bonds is 3. The van der Waals surface area contributed by atoms with Crippen LogP contribution in [0.3, 0.4) is 0 Å². The molecule has 9 heteroatoms. The Morgan fingerprint density at radius 3 is 2.22 bits per heavy atom. The Labute approximate surface area is 100 Å². The van der Waals surface area contributed by atoms with Gasteiger partial charge in [-0.2, -0.15) is 21.6 Å². The van der Waals surface area contributed by atoms with E-state index in [9.17, 15) is 26.0 Å². The molecule has 0 aliphatic carbocycles. The van der Waals surface area contributed by atoms with Gasteiger partial charge in [-0.15, -0.1) is 0 Å².